The van der Waals surface area contributed by atoms with Gasteiger partial charge in [-0.25, -0.2) is 0 Å². The molecule has 0 atom stereocenters. The van der Waals surface area contributed by atoms with Gasteiger partial charge in [-0.15, -0.1) is 0 Å². The monoisotopic (exact) mass is 247 g/mol. The molecule has 0 saturated carbocycles. The lowest BCUT2D eigenvalue weighted by molar-refractivity contribution is 0.382. The quantitative estimate of drug-likeness (QED) is 0.903. The number of hydrogen-bond acceptors (Lipinski definition) is 3. The summed E-state index contributed by atoms with van der Waals surface area (Å²) in [6.45, 7) is 9.95. The molecule has 98 valence electrons. The lowest BCUT2D eigenvalue weighted by Gasteiger charge is -2.19. The average molecular weight is 247 g/mol. The SMILES string of the molecule is Cc1oc(CNC(C)(C)C)cc1Cn1cccn1. The first-order chi connectivity index (χ1) is 8.44. The Morgan fingerprint density at radius 1 is 1.39 bits per heavy atom. The Morgan fingerprint density at radius 2 is 2.17 bits per heavy atom. The molecule has 4 heteroatoms. The van der Waals surface area contributed by atoms with Crippen molar-refractivity contribution in [1.82, 2.24) is 15.1 Å². The molecule has 0 saturated heterocycles. The van der Waals surface area contributed by atoms with Crippen molar-refractivity contribution in [1.29, 1.82) is 0 Å². The van der Waals surface area contributed by atoms with E-state index in [0.717, 1.165) is 24.6 Å². The van der Waals surface area contributed by atoms with Crippen LogP contribution in [0.25, 0.3) is 0 Å². The van der Waals surface area contributed by atoms with Gasteiger partial charge in [-0.1, -0.05) is 0 Å². The van der Waals surface area contributed by atoms with E-state index < -0.39 is 0 Å². The second kappa shape index (κ2) is 4.98. The third-order valence-corrected chi connectivity index (χ3v) is 2.76. The first-order valence-corrected chi connectivity index (χ1v) is 6.25. The Bertz CT molecular complexity index is 492. The fourth-order valence-electron chi connectivity index (χ4n) is 1.75. The predicted octanol–water partition coefficient (Wildman–Crippen LogP) is 2.72. The van der Waals surface area contributed by atoms with Gasteiger partial charge in [-0.3, -0.25) is 4.68 Å². The van der Waals surface area contributed by atoms with Crippen molar-refractivity contribution in [3.63, 3.8) is 0 Å². The molecule has 0 amide bonds. The fraction of sp³-hybridized carbons (Fsp3) is 0.500. The lowest BCUT2D eigenvalue weighted by Crippen LogP contribution is -2.34. The minimum absolute atomic E-state index is 0.100. The van der Waals surface area contributed by atoms with Crippen LogP contribution >= 0.6 is 0 Å². The summed E-state index contributed by atoms with van der Waals surface area (Å²) in [5.74, 6) is 1.95. The molecule has 0 spiro atoms. The molecular weight excluding hydrogens is 226 g/mol. The summed E-state index contributed by atoms with van der Waals surface area (Å²) < 4.78 is 7.66. The maximum absolute atomic E-state index is 5.76. The van der Waals surface area contributed by atoms with Gasteiger partial charge in [0.15, 0.2) is 0 Å². The van der Waals surface area contributed by atoms with E-state index in [1.54, 1.807) is 6.20 Å². The second-order valence-electron chi connectivity index (χ2n) is 5.60. The Morgan fingerprint density at radius 3 is 2.78 bits per heavy atom. The number of nitrogens with zero attached hydrogens (tertiary/aromatic N) is 2. The minimum atomic E-state index is 0.100. The van der Waals surface area contributed by atoms with Crippen molar-refractivity contribution in [2.75, 3.05) is 0 Å². The molecule has 2 heterocycles. The number of hydrogen-bond donors (Lipinski definition) is 1. The molecular formula is C14H21N3O. The van der Waals surface area contributed by atoms with Crippen LogP contribution in [-0.4, -0.2) is 15.3 Å². The Hall–Kier alpha value is -1.55. The molecule has 0 aliphatic rings. The van der Waals surface area contributed by atoms with Crippen molar-refractivity contribution in [3.05, 3.63) is 41.6 Å². The van der Waals surface area contributed by atoms with E-state index in [1.165, 1.54) is 5.56 Å². The first-order valence-electron chi connectivity index (χ1n) is 6.25. The Balaban J connectivity index is 2.03. The number of rotatable bonds is 4. The average Bonchev–Trinajstić information content (AvgIpc) is 2.86. The largest absolute Gasteiger partial charge is 0.465 e. The summed E-state index contributed by atoms with van der Waals surface area (Å²) in [5, 5.41) is 7.63. The Kier molecular flexibility index (Phi) is 3.57. The van der Waals surface area contributed by atoms with E-state index in [1.807, 2.05) is 23.9 Å². The van der Waals surface area contributed by atoms with Gasteiger partial charge in [0, 0.05) is 23.5 Å². The molecule has 1 N–H and O–H groups in total. The van der Waals surface area contributed by atoms with E-state index >= 15 is 0 Å². The highest BCUT2D eigenvalue weighted by Gasteiger charge is 2.12. The number of aromatic nitrogens is 2. The van der Waals surface area contributed by atoms with E-state index in [4.69, 9.17) is 4.42 Å². The standard InChI is InChI=1S/C14H21N3O/c1-11-12(10-17-7-5-6-16-17)8-13(18-11)9-15-14(2,3)4/h5-8,15H,9-10H2,1-4H3. The van der Waals surface area contributed by atoms with E-state index in [9.17, 15) is 0 Å². The zero-order valence-corrected chi connectivity index (χ0v) is 11.5. The maximum atomic E-state index is 5.76. The van der Waals surface area contributed by atoms with Gasteiger partial charge in [0.05, 0.1) is 13.1 Å². The highest BCUT2D eigenvalue weighted by molar-refractivity contribution is 5.21. The van der Waals surface area contributed by atoms with Crippen molar-refractivity contribution in [2.45, 2.75) is 46.3 Å². The van der Waals surface area contributed by atoms with Gasteiger partial charge in [0.2, 0.25) is 0 Å². The van der Waals surface area contributed by atoms with Gasteiger partial charge in [0.1, 0.15) is 11.5 Å². The fourth-order valence-corrected chi connectivity index (χ4v) is 1.75. The van der Waals surface area contributed by atoms with Crippen LogP contribution in [0.15, 0.2) is 28.9 Å². The summed E-state index contributed by atoms with van der Waals surface area (Å²) in [6, 6.07) is 4.03. The molecule has 2 aromatic rings. The van der Waals surface area contributed by atoms with Gasteiger partial charge in [0.25, 0.3) is 0 Å². The summed E-state index contributed by atoms with van der Waals surface area (Å²) in [6.07, 6.45) is 3.75. The van der Waals surface area contributed by atoms with Gasteiger partial charge >= 0.3 is 0 Å². The third kappa shape index (κ3) is 3.47. The molecule has 0 radical (unpaired) electrons. The van der Waals surface area contributed by atoms with Crippen LogP contribution < -0.4 is 5.32 Å². The predicted molar refractivity (Wildman–Crippen MR) is 71.4 cm³/mol. The number of nitrogens with one attached hydrogen (secondary N) is 1. The van der Waals surface area contributed by atoms with E-state index in [2.05, 4.69) is 37.3 Å². The molecule has 4 nitrogen and oxygen atoms in total. The van der Waals surface area contributed by atoms with Crippen molar-refractivity contribution in [3.8, 4) is 0 Å². The van der Waals surface area contributed by atoms with Crippen LogP contribution in [0.4, 0.5) is 0 Å². The summed E-state index contributed by atoms with van der Waals surface area (Å²) >= 11 is 0. The Labute approximate surface area is 108 Å². The smallest absolute Gasteiger partial charge is 0.118 e. The van der Waals surface area contributed by atoms with E-state index in [-0.39, 0.29) is 5.54 Å². The third-order valence-electron chi connectivity index (χ3n) is 2.76. The lowest BCUT2D eigenvalue weighted by atomic mass is 10.1. The molecule has 0 aliphatic carbocycles. The van der Waals surface area contributed by atoms with Crippen LogP contribution in [0.2, 0.25) is 0 Å². The van der Waals surface area contributed by atoms with E-state index in [0.29, 0.717) is 0 Å². The molecule has 0 aliphatic heterocycles. The van der Waals surface area contributed by atoms with Gasteiger partial charge in [-0.2, -0.15) is 5.10 Å². The summed E-state index contributed by atoms with van der Waals surface area (Å²) in [4.78, 5) is 0. The molecule has 2 rings (SSSR count). The van der Waals surface area contributed by atoms with Crippen molar-refractivity contribution < 1.29 is 4.42 Å². The maximum Gasteiger partial charge on any atom is 0.118 e. The number of aryl methyl sites for hydroxylation is 1. The summed E-state index contributed by atoms with van der Waals surface area (Å²) in [5.41, 5.74) is 1.28. The minimum Gasteiger partial charge on any atom is -0.465 e. The molecule has 18 heavy (non-hydrogen) atoms. The summed E-state index contributed by atoms with van der Waals surface area (Å²) in [7, 11) is 0. The molecule has 2 aromatic heterocycles. The van der Waals surface area contributed by atoms with Crippen LogP contribution in [0.3, 0.4) is 0 Å². The van der Waals surface area contributed by atoms with Crippen molar-refractivity contribution in [2.24, 2.45) is 0 Å². The normalized spacial score (nSPS) is 12.0. The zero-order chi connectivity index (χ0) is 13.2. The van der Waals surface area contributed by atoms with Crippen LogP contribution in [0.5, 0.6) is 0 Å². The van der Waals surface area contributed by atoms with Gasteiger partial charge in [-0.05, 0) is 39.8 Å². The topological polar surface area (TPSA) is 43.0 Å². The van der Waals surface area contributed by atoms with Gasteiger partial charge < -0.3 is 9.73 Å². The molecule has 0 aromatic carbocycles. The zero-order valence-electron chi connectivity index (χ0n) is 11.5. The molecule has 0 unspecified atom stereocenters. The second-order valence-corrected chi connectivity index (χ2v) is 5.60. The first kappa shape index (κ1) is 12.9. The highest BCUT2D eigenvalue weighted by Crippen LogP contribution is 2.16. The van der Waals surface area contributed by atoms with Crippen molar-refractivity contribution >= 4 is 0 Å². The van der Waals surface area contributed by atoms with Crippen LogP contribution in [0.1, 0.15) is 37.9 Å². The van der Waals surface area contributed by atoms with Crippen LogP contribution in [0, 0.1) is 6.92 Å². The van der Waals surface area contributed by atoms with Crippen LogP contribution in [-0.2, 0) is 13.1 Å². The molecule has 0 bridgehead atoms. The molecule has 0 fully saturated rings. The highest BCUT2D eigenvalue weighted by atomic mass is 16.3. The number of furan rings is 1.